The van der Waals surface area contributed by atoms with Crippen LogP contribution in [-0.2, 0) is 19.6 Å². The summed E-state index contributed by atoms with van der Waals surface area (Å²) in [4.78, 5) is 14.9. The molecule has 1 atom stereocenters. The average molecular weight is 434 g/mol. The van der Waals surface area contributed by atoms with E-state index in [0.717, 1.165) is 37.4 Å². The second-order valence-electron chi connectivity index (χ2n) is 8.57. The van der Waals surface area contributed by atoms with Gasteiger partial charge in [-0.3, -0.25) is 14.4 Å². The topological polar surface area (TPSA) is 72.3 Å². The summed E-state index contributed by atoms with van der Waals surface area (Å²) in [5.41, 5.74) is 2.68. The van der Waals surface area contributed by atoms with Gasteiger partial charge in [-0.1, -0.05) is 47.7 Å². The minimum absolute atomic E-state index is 0.178. The van der Waals surface area contributed by atoms with Crippen LogP contribution in [-0.4, -0.2) is 44.5 Å². The summed E-state index contributed by atoms with van der Waals surface area (Å²) >= 11 is 0. The van der Waals surface area contributed by atoms with Crippen LogP contribution in [0.4, 0.5) is 0 Å². The summed E-state index contributed by atoms with van der Waals surface area (Å²) in [6, 6.07) is 18.6. The number of carbonyl (C=O) groups excluding carboxylic acids is 1. The zero-order valence-electron chi connectivity index (χ0n) is 18.8. The molecule has 1 fully saturated rings. The molecule has 168 valence electrons. The molecule has 1 aliphatic rings. The minimum Gasteiger partial charge on any atom is -0.491 e. The van der Waals surface area contributed by atoms with Gasteiger partial charge in [-0.25, -0.2) is 0 Å². The number of hydrogen-bond acceptors (Lipinski definition) is 5. The van der Waals surface area contributed by atoms with Crippen molar-refractivity contribution >= 4 is 5.91 Å². The third-order valence-corrected chi connectivity index (χ3v) is 5.64. The Hall–Kier alpha value is -3.19. The number of carbonyl (C=O) groups is 1. The summed E-state index contributed by atoms with van der Waals surface area (Å²) < 4.78 is 7.53. The van der Waals surface area contributed by atoms with E-state index in [0.29, 0.717) is 18.3 Å². The highest BCUT2D eigenvalue weighted by molar-refractivity contribution is 5.91. The highest BCUT2D eigenvalue weighted by Gasteiger charge is 2.25. The van der Waals surface area contributed by atoms with Crippen LogP contribution in [0.1, 0.15) is 48.3 Å². The van der Waals surface area contributed by atoms with Crippen molar-refractivity contribution in [3.8, 4) is 5.75 Å². The Labute approximate surface area is 189 Å². The maximum absolute atomic E-state index is 12.4. The third kappa shape index (κ3) is 5.95. The molecular formula is C25H31N5O2. The lowest BCUT2D eigenvalue weighted by Crippen LogP contribution is -2.32. The van der Waals surface area contributed by atoms with Gasteiger partial charge in [-0.2, -0.15) is 0 Å². The smallest absolute Gasteiger partial charge is 0.273 e. The highest BCUT2D eigenvalue weighted by atomic mass is 16.5. The fraction of sp³-hybridized carbons (Fsp3) is 0.400. The molecule has 1 N–H and O–H groups in total. The lowest BCUT2D eigenvalue weighted by Gasteiger charge is -2.24. The van der Waals surface area contributed by atoms with E-state index >= 15 is 0 Å². The maximum Gasteiger partial charge on any atom is 0.273 e. The number of hydrogen-bond donors (Lipinski definition) is 1. The van der Waals surface area contributed by atoms with E-state index in [1.807, 2.05) is 56.3 Å². The Balaban J connectivity index is 1.30. The van der Waals surface area contributed by atoms with Gasteiger partial charge < -0.3 is 10.1 Å². The molecule has 1 saturated heterocycles. The first kappa shape index (κ1) is 22.0. The number of benzene rings is 2. The van der Waals surface area contributed by atoms with Gasteiger partial charge in [0.15, 0.2) is 5.69 Å². The zero-order chi connectivity index (χ0) is 22.3. The van der Waals surface area contributed by atoms with Crippen LogP contribution in [0.25, 0.3) is 0 Å². The Morgan fingerprint density at radius 1 is 1.12 bits per heavy atom. The number of nitrogens with zero attached hydrogens (tertiary/aromatic N) is 4. The molecule has 0 unspecified atom stereocenters. The van der Waals surface area contributed by atoms with E-state index in [4.69, 9.17) is 4.74 Å². The molecule has 0 bridgehead atoms. The Morgan fingerprint density at radius 3 is 2.66 bits per heavy atom. The van der Waals surface area contributed by atoms with Crippen LogP contribution in [0, 0.1) is 0 Å². The summed E-state index contributed by atoms with van der Waals surface area (Å²) in [5, 5.41) is 11.2. The van der Waals surface area contributed by atoms with E-state index in [-0.39, 0.29) is 12.0 Å². The first-order valence-electron chi connectivity index (χ1n) is 11.3. The summed E-state index contributed by atoms with van der Waals surface area (Å²) in [6.07, 6.45) is 4.20. The van der Waals surface area contributed by atoms with Gasteiger partial charge in [0.1, 0.15) is 5.75 Å². The molecule has 7 nitrogen and oxygen atoms in total. The fourth-order valence-electron chi connectivity index (χ4n) is 4.07. The van der Waals surface area contributed by atoms with Gasteiger partial charge in [-0.05, 0) is 56.5 Å². The molecule has 3 aromatic rings. The second kappa shape index (κ2) is 10.4. The van der Waals surface area contributed by atoms with Crippen molar-refractivity contribution < 1.29 is 9.53 Å². The summed E-state index contributed by atoms with van der Waals surface area (Å²) in [5.74, 6) is 0.703. The normalized spacial score (nSPS) is 16.4. The van der Waals surface area contributed by atoms with E-state index in [2.05, 4.69) is 32.7 Å². The zero-order valence-corrected chi connectivity index (χ0v) is 18.8. The van der Waals surface area contributed by atoms with E-state index < -0.39 is 0 Å². The molecule has 4 rings (SSSR count). The Kier molecular flexibility index (Phi) is 7.17. The van der Waals surface area contributed by atoms with Crippen molar-refractivity contribution in [3.63, 3.8) is 0 Å². The average Bonchev–Trinajstić information content (AvgIpc) is 3.44. The molecule has 2 aromatic carbocycles. The van der Waals surface area contributed by atoms with Crippen molar-refractivity contribution in [1.29, 1.82) is 0 Å². The molecule has 0 radical (unpaired) electrons. The quantitative estimate of drug-likeness (QED) is 0.558. The van der Waals surface area contributed by atoms with Crippen molar-refractivity contribution in [1.82, 2.24) is 25.2 Å². The standard InChI is InChI=1S/C25H31N5O2/c1-19(2)32-23-12-10-21(11-13-23)16-29-14-6-9-22(29)17-30-18-24(27-28-30)25(31)26-15-20-7-4-3-5-8-20/h3-5,7-8,10-13,18-19,22H,6,9,14-17H2,1-2H3,(H,26,31)/t22-/m0/s1. The van der Waals surface area contributed by atoms with Crippen molar-refractivity contribution in [2.24, 2.45) is 0 Å². The van der Waals surface area contributed by atoms with Gasteiger partial charge in [0.05, 0.1) is 18.8 Å². The van der Waals surface area contributed by atoms with Crippen LogP contribution in [0.15, 0.2) is 60.8 Å². The van der Waals surface area contributed by atoms with Gasteiger partial charge in [0.2, 0.25) is 0 Å². The van der Waals surface area contributed by atoms with Crippen LogP contribution in [0.5, 0.6) is 5.75 Å². The van der Waals surface area contributed by atoms with Crippen LogP contribution in [0.3, 0.4) is 0 Å². The lowest BCUT2D eigenvalue weighted by atomic mass is 10.1. The van der Waals surface area contributed by atoms with Crippen LogP contribution in [0.2, 0.25) is 0 Å². The Morgan fingerprint density at radius 2 is 1.91 bits per heavy atom. The SMILES string of the molecule is CC(C)Oc1ccc(CN2CCC[C@H]2Cn2cc(C(=O)NCc3ccccc3)nn2)cc1. The molecule has 0 spiro atoms. The summed E-state index contributed by atoms with van der Waals surface area (Å²) in [6.45, 7) is 7.23. The van der Waals surface area contributed by atoms with Gasteiger partial charge >= 0.3 is 0 Å². The number of nitrogens with one attached hydrogen (secondary N) is 1. The maximum atomic E-state index is 12.4. The molecule has 0 aliphatic carbocycles. The second-order valence-corrected chi connectivity index (χ2v) is 8.57. The number of amides is 1. The predicted molar refractivity (Wildman–Crippen MR) is 123 cm³/mol. The van der Waals surface area contributed by atoms with Crippen LogP contribution < -0.4 is 10.1 Å². The van der Waals surface area contributed by atoms with E-state index in [1.54, 1.807) is 10.9 Å². The van der Waals surface area contributed by atoms with Crippen molar-refractivity contribution in [2.45, 2.75) is 58.5 Å². The van der Waals surface area contributed by atoms with Crippen molar-refractivity contribution in [2.75, 3.05) is 6.54 Å². The lowest BCUT2D eigenvalue weighted by molar-refractivity contribution is 0.0945. The molecule has 1 aromatic heterocycles. The fourth-order valence-corrected chi connectivity index (χ4v) is 4.07. The number of aromatic nitrogens is 3. The Bertz CT molecular complexity index is 1000. The molecular weight excluding hydrogens is 402 g/mol. The molecule has 0 saturated carbocycles. The molecule has 7 heteroatoms. The van der Waals surface area contributed by atoms with E-state index in [9.17, 15) is 4.79 Å². The molecule has 2 heterocycles. The van der Waals surface area contributed by atoms with Crippen LogP contribution >= 0.6 is 0 Å². The molecule has 1 aliphatic heterocycles. The largest absolute Gasteiger partial charge is 0.491 e. The minimum atomic E-state index is -0.202. The number of rotatable bonds is 9. The molecule has 32 heavy (non-hydrogen) atoms. The van der Waals surface area contributed by atoms with Gasteiger partial charge in [0, 0.05) is 19.1 Å². The number of ether oxygens (including phenoxy) is 1. The first-order chi connectivity index (χ1) is 15.6. The first-order valence-corrected chi connectivity index (χ1v) is 11.3. The third-order valence-electron chi connectivity index (χ3n) is 5.64. The predicted octanol–water partition coefficient (Wildman–Crippen LogP) is 3.66. The van der Waals surface area contributed by atoms with Gasteiger partial charge in [0.25, 0.3) is 5.91 Å². The molecule has 1 amide bonds. The summed E-state index contributed by atoms with van der Waals surface area (Å²) in [7, 11) is 0. The highest BCUT2D eigenvalue weighted by Crippen LogP contribution is 2.22. The van der Waals surface area contributed by atoms with Gasteiger partial charge in [-0.15, -0.1) is 5.10 Å². The number of likely N-dealkylation sites (tertiary alicyclic amines) is 1. The van der Waals surface area contributed by atoms with Crippen molar-refractivity contribution in [3.05, 3.63) is 77.6 Å². The monoisotopic (exact) mass is 433 g/mol. The van der Waals surface area contributed by atoms with E-state index in [1.165, 1.54) is 12.0 Å².